The largest absolute Gasteiger partial charge is 0.493 e. The normalized spacial score (nSPS) is 12.7. The zero-order chi connectivity index (χ0) is 14.8. The predicted molar refractivity (Wildman–Crippen MR) is 79.0 cm³/mol. The molecule has 110 valence electrons. The number of benzene rings is 1. The molecule has 2 heterocycles. The van der Waals surface area contributed by atoms with Crippen molar-refractivity contribution < 1.29 is 9.15 Å². The van der Waals surface area contributed by atoms with Gasteiger partial charge in [-0.3, -0.25) is 4.68 Å². The quantitative estimate of drug-likeness (QED) is 0.780. The number of aryl methyl sites for hydroxylation is 1. The fourth-order valence-corrected chi connectivity index (χ4v) is 2.26. The molecular formula is C15H18N4O2. The van der Waals surface area contributed by atoms with E-state index in [0.29, 0.717) is 6.54 Å². The first-order valence-corrected chi connectivity index (χ1v) is 6.81. The van der Waals surface area contributed by atoms with Crippen LogP contribution in [0.4, 0.5) is 0 Å². The lowest BCUT2D eigenvalue weighted by Gasteiger charge is -2.10. The zero-order valence-corrected chi connectivity index (χ0v) is 12.3. The molecule has 6 heteroatoms. The van der Waals surface area contributed by atoms with Gasteiger partial charge < -0.3 is 14.5 Å². The number of ether oxygens (including phenoxy) is 1. The number of aromatic nitrogens is 3. The molecule has 0 radical (unpaired) electrons. The number of nitrogens with one attached hydrogen (secondary N) is 1. The number of hydrogen-bond donors (Lipinski definition) is 1. The number of para-hydroxylation sites is 1. The number of furan rings is 1. The Morgan fingerprint density at radius 2 is 2.29 bits per heavy atom. The molecule has 1 aromatic carbocycles. The maximum atomic E-state index is 5.92. The van der Waals surface area contributed by atoms with Crippen molar-refractivity contribution in [3.63, 3.8) is 0 Å². The monoisotopic (exact) mass is 286 g/mol. The molecule has 0 bridgehead atoms. The van der Waals surface area contributed by atoms with Crippen LogP contribution in [0.1, 0.15) is 24.6 Å². The van der Waals surface area contributed by atoms with Crippen LogP contribution >= 0.6 is 0 Å². The maximum absolute atomic E-state index is 5.92. The minimum atomic E-state index is 0.0683. The second-order valence-corrected chi connectivity index (χ2v) is 4.93. The van der Waals surface area contributed by atoms with Gasteiger partial charge in [0.15, 0.2) is 11.3 Å². The summed E-state index contributed by atoms with van der Waals surface area (Å²) < 4.78 is 13.0. The van der Waals surface area contributed by atoms with Gasteiger partial charge in [-0.1, -0.05) is 12.1 Å². The lowest BCUT2D eigenvalue weighted by molar-refractivity contribution is 0.398. The van der Waals surface area contributed by atoms with E-state index in [0.717, 1.165) is 28.3 Å². The Morgan fingerprint density at radius 3 is 3.00 bits per heavy atom. The van der Waals surface area contributed by atoms with Gasteiger partial charge in [0.25, 0.3) is 0 Å². The third-order valence-corrected chi connectivity index (χ3v) is 3.55. The molecule has 0 aliphatic heterocycles. The number of fused-ring (bicyclic) bond motifs is 1. The van der Waals surface area contributed by atoms with Crippen molar-refractivity contribution in [1.82, 2.24) is 20.1 Å². The van der Waals surface area contributed by atoms with E-state index in [4.69, 9.17) is 9.15 Å². The van der Waals surface area contributed by atoms with E-state index in [1.54, 1.807) is 18.1 Å². The summed E-state index contributed by atoms with van der Waals surface area (Å²) in [4.78, 5) is 4.19. The maximum Gasteiger partial charge on any atom is 0.176 e. The molecule has 0 aliphatic carbocycles. The molecule has 0 spiro atoms. The van der Waals surface area contributed by atoms with Crippen molar-refractivity contribution in [2.45, 2.75) is 19.5 Å². The van der Waals surface area contributed by atoms with Gasteiger partial charge in [0, 0.05) is 12.4 Å². The fraction of sp³-hybridized carbons (Fsp3) is 0.333. The molecule has 6 nitrogen and oxygen atoms in total. The molecule has 0 aliphatic rings. The molecule has 2 aromatic heterocycles. The third kappa shape index (κ3) is 2.62. The summed E-state index contributed by atoms with van der Waals surface area (Å²) in [6.45, 7) is 2.69. The summed E-state index contributed by atoms with van der Waals surface area (Å²) in [7, 11) is 3.52. The Morgan fingerprint density at radius 1 is 1.43 bits per heavy atom. The van der Waals surface area contributed by atoms with Crippen LogP contribution in [0.2, 0.25) is 0 Å². The lowest BCUT2D eigenvalue weighted by Crippen LogP contribution is -2.20. The van der Waals surface area contributed by atoms with Gasteiger partial charge in [0.1, 0.15) is 17.9 Å². The fourth-order valence-electron chi connectivity index (χ4n) is 2.26. The molecule has 3 aromatic rings. The summed E-state index contributed by atoms with van der Waals surface area (Å²) in [5.74, 6) is 2.51. The molecule has 0 unspecified atom stereocenters. The van der Waals surface area contributed by atoms with Crippen LogP contribution in [-0.4, -0.2) is 21.9 Å². The van der Waals surface area contributed by atoms with E-state index in [2.05, 4.69) is 22.3 Å². The molecule has 21 heavy (non-hydrogen) atoms. The van der Waals surface area contributed by atoms with Gasteiger partial charge in [-0.15, -0.1) is 0 Å². The van der Waals surface area contributed by atoms with Gasteiger partial charge in [0.05, 0.1) is 19.7 Å². The van der Waals surface area contributed by atoms with Crippen LogP contribution in [0.25, 0.3) is 11.0 Å². The second kappa shape index (κ2) is 5.57. The van der Waals surface area contributed by atoms with E-state index in [9.17, 15) is 0 Å². The minimum absolute atomic E-state index is 0.0683. The zero-order valence-electron chi connectivity index (χ0n) is 12.3. The highest BCUT2D eigenvalue weighted by Gasteiger charge is 2.14. The van der Waals surface area contributed by atoms with Crippen molar-refractivity contribution in [1.29, 1.82) is 0 Å². The highest BCUT2D eigenvalue weighted by atomic mass is 16.5. The van der Waals surface area contributed by atoms with Crippen LogP contribution < -0.4 is 10.1 Å². The Hall–Kier alpha value is -2.34. The van der Waals surface area contributed by atoms with Crippen molar-refractivity contribution in [3.8, 4) is 5.75 Å². The topological polar surface area (TPSA) is 65.1 Å². The Labute approximate surface area is 122 Å². The first-order valence-electron chi connectivity index (χ1n) is 6.81. The number of rotatable bonds is 5. The van der Waals surface area contributed by atoms with Crippen LogP contribution in [0.3, 0.4) is 0 Å². The molecule has 0 amide bonds. The standard InChI is InChI=1S/C15H18N4O2/c1-10(16-8-14-17-9-18-19(14)2)13-7-11-5-4-6-12(20-3)15(11)21-13/h4-7,9-10,16H,8H2,1-3H3/t10-/m0/s1. The molecule has 3 rings (SSSR count). The molecule has 0 saturated carbocycles. The molecule has 0 saturated heterocycles. The lowest BCUT2D eigenvalue weighted by atomic mass is 10.2. The van der Waals surface area contributed by atoms with Gasteiger partial charge in [-0.05, 0) is 19.1 Å². The average molecular weight is 286 g/mol. The van der Waals surface area contributed by atoms with Gasteiger partial charge in [-0.2, -0.15) is 5.10 Å². The van der Waals surface area contributed by atoms with Gasteiger partial charge in [0.2, 0.25) is 0 Å². The second-order valence-electron chi connectivity index (χ2n) is 4.93. The minimum Gasteiger partial charge on any atom is -0.493 e. The number of hydrogen-bond acceptors (Lipinski definition) is 5. The van der Waals surface area contributed by atoms with Crippen LogP contribution in [-0.2, 0) is 13.6 Å². The first kappa shape index (κ1) is 13.6. The van der Waals surface area contributed by atoms with E-state index < -0.39 is 0 Å². The Balaban J connectivity index is 1.78. The van der Waals surface area contributed by atoms with Crippen molar-refractivity contribution in [2.24, 2.45) is 7.05 Å². The molecule has 0 fully saturated rings. The van der Waals surface area contributed by atoms with E-state index in [-0.39, 0.29) is 6.04 Å². The molecular weight excluding hydrogens is 268 g/mol. The highest BCUT2D eigenvalue weighted by molar-refractivity contribution is 5.83. The van der Waals surface area contributed by atoms with Crippen LogP contribution in [0.5, 0.6) is 5.75 Å². The Bertz CT molecular complexity index is 747. The molecule has 1 N–H and O–H groups in total. The van der Waals surface area contributed by atoms with Crippen LogP contribution in [0, 0.1) is 0 Å². The molecule has 1 atom stereocenters. The Kier molecular flexibility index (Phi) is 3.62. The average Bonchev–Trinajstić information content (AvgIpc) is 3.10. The summed E-state index contributed by atoms with van der Waals surface area (Å²) in [6.07, 6.45) is 1.55. The van der Waals surface area contributed by atoms with Crippen molar-refractivity contribution >= 4 is 11.0 Å². The predicted octanol–water partition coefficient (Wildman–Crippen LogP) is 2.42. The van der Waals surface area contributed by atoms with E-state index >= 15 is 0 Å². The van der Waals surface area contributed by atoms with Crippen molar-refractivity contribution in [2.75, 3.05) is 7.11 Å². The number of methoxy groups -OCH3 is 1. The summed E-state index contributed by atoms with van der Waals surface area (Å²) >= 11 is 0. The first-order chi connectivity index (χ1) is 10.2. The van der Waals surface area contributed by atoms with Gasteiger partial charge in [-0.25, -0.2) is 4.98 Å². The summed E-state index contributed by atoms with van der Waals surface area (Å²) in [5.41, 5.74) is 0.780. The van der Waals surface area contributed by atoms with Gasteiger partial charge >= 0.3 is 0 Å². The number of nitrogens with zero attached hydrogens (tertiary/aromatic N) is 3. The van der Waals surface area contributed by atoms with E-state index in [1.165, 1.54) is 0 Å². The van der Waals surface area contributed by atoms with E-state index in [1.807, 2.05) is 31.3 Å². The third-order valence-electron chi connectivity index (χ3n) is 3.55. The van der Waals surface area contributed by atoms with Crippen LogP contribution in [0.15, 0.2) is 35.0 Å². The highest BCUT2D eigenvalue weighted by Crippen LogP contribution is 2.30. The summed E-state index contributed by atoms with van der Waals surface area (Å²) in [5, 5.41) is 8.47. The van der Waals surface area contributed by atoms with Crippen molar-refractivity contribution in [3.05, 3.63) is 42.2 Å². The SMILES string of the molecule is COc1cccc2cc([C@H](C)NCc3ncnn3C)oc12. The smallest absolute Gasteiger partial charge is 0.176 e. The summed E-state index contributed by atoms with van der Waals surface area (Å²) in [6, 6.07) is 7.97.